The molecule has 1 unspecified atom stereocenters. The zero-order valence-corrected chi connectivity index (χ0v) is 20.5. The summed E-state index contributed by atoms with van der Waals surface area (Å²) in [5.41, 5.74) is 4.15. The van der Waals surface area contributed by atoms with Gasteiger partial charge in [-0.05, 0) is 56.6 Å². The third-order valence-electron chi connectivity index (χ3n) is 7.72. The van der Waals surface area contributed by atoms with E-state index in [-0.39, 0.29) is 23.8 Å². The first-order valence-electron chi connectivity index (χ1n) is 12.8. The van der Waals surface area contributed by atoms with E-state index < -0.39 is 11.8 Å². The monoisotopic (exact) mass is 471 g/mol. The molecule has 3 aliphatic rings. The van der Waals surface area contributed by atoms with Crippen molar-refractivity contribution in [3.05, 3.63) is 77.0 Å². The third kappa shape index (κ3) is 4.69. The number of methoxy groups -OCH3 is 1. The number of ketones is 1. The van der Waals surface area contributed by atoms with Crippen LogP contribution in [0.3, 0.4) is 0 Å². The average Bonchev–Trinajstić information content (AvgIpc) is 2.88. The van der Waals surface area contributed by atoms with Crippen molar-refractivity contribution in [2.24, 2.45) is 10.9 Å². The Bertz CT molecular complexity index is 1160. The number of carbonyl (C=O) groups is 2. The third-order valence-corrected chi connectivity index (χ3v) is 7.72. The van der Waals surface area contributed by atoms with Crippen LogP contribution in [0.2, 0.25) is 0 Å². The van der Waals surface area contributed by atoms with E-state index in [9.17, 15) is 9.59 Å². The van der Waals surface area contributed by atoms with Crippen LogP contribution >= 0.6 is 0 Å². The maximum Gasteiger partial charge on any atom is 0.315 e. The van der Waals surface area contributed by atoms with Crippen LogP contribution in [0.25, 0.3) is 0 Å². The van der Waals surface area contributed by atoms with Gasteiger partial charge >= 0.3 is 5.97 Å². The lowest BCUT2D eigenvalue weighted by molar-refractivity contribution is -0.153. The standard InChI is InChI=1S/C30H33NO4/c1-19-27(30(33)35-22-13-7-4-8-14-22)28(23-15-9-10-16-26(23)34-2)29-24(31-19)17-21(18-25(29)32)20-11-5-3-6-12-20/h3,5-6,9-12,15-16,21-22,27-28H,4,7-8,13-14,17-18H2,1-2H3/t21-,27?,28+/m1/s1. The second-order valence-corrected chi connectivity index (χ2v) is 9.95. The lowest BCUT2D eigenvalue weighted by atomic mass is 9.69. The largest absolute Gasteiger partial charge is 0.496 e. The van der Waals surface area contributed by atoms with Gasteiger partial charge in [-0.3, -0.25) is 14.6 Å². The molecule has 182 valence electrons. The molecule has 5 rings (SSSR count). The van der Waals surface area contributed by atoms with Gasteiger partial charge in [0.05, 0.1) is 7.11 Å². The van der Waals surface area contributed by atoms with Crippen LogP contribution in [0.15, 0.2) is 70.9 Å². The second-order valence-electron chi connectivity index (χ2n) is 9.95. The van der Waals surface area contributed by atoms with E-state index in [0.29, 0.717) is 29.9 Å². The molecule has 1 heterocycles. The first-order valence-corrected chi connectivity index (χ1v) is 12.8. The van der Waals surface area contributed by atoms with Crippen molar-refractivity contribution in [1.29, 1.82) is 0 Å². The van der Waals surface area contributed by atoms with Gasteiger partial charge in [-0.1, -0.05) is 55.0 Å². The molecule has 0 spiro atoms. The summed E-state index contributed by atoms with van der Waals surface area (Å²) in [6, 6.07) is 17.8. The number of ether oxygens (including phenoxy) is 2. The lowest BCUT2D eigenvalue weighted by Crippen LogP contribution is -2.39. The van der Waals surface area contributed by atoms with Gasteiger partial charge in [-0.25, -0.2) is 0 Å². The summed E-state index contributed by atoms with van der Waals surface area (Å²) >= 11 is 0. The molecule has 0 aromatic heterocycles. The summed E-state index contributed by atoms with van der Waals surface area (Å²) in [7, 11) is 1.63. The number of para-hydroxylation sites is 1. The predicted octanol–water partition coefficient (Wildman–Crippen LogP) is 6.15. The molecule has 0 saturated heterocycles. The highest BCUT2D eigenvalue weighted by Gasteiger charge is 2.46. The van der Waals surface area contributed by atoms with E-state index in [1.807, 2.05) is 49.4 Å². The molecular weight excluding hydrogens is 438 g/mol. The molecule has 2 aromatic rings. The van der Waals surface area contributed by atoms with Gasteiger partial charge < -0.3 is 9.47 Å². The molecule has 1 fully saturated rings. The van der Waals surface area contributed by atoms with E-state index in [1.54, 1.807) is 7.11 Å². The molecule has 1 saturated carbocycles. The van der Waals surface area contributed by atoms with E-state index in [2.05, 4.69) is 12.1 Å². The fourth-order valence-corrected chi connectivity index (χ4v) is 6.01. The van der Waals surface area contributed by atoms with Crippen LogP contribution in [0.5, 0.6) is 5.75 Å². The first-order chi connectivity index (χ1) is 17.1. The summed E-state index contributed by atoms with van der Waals surface area (Å²) in [6.45, 7) is 1.90. The van der Waals surface area contributed by atoms with Crippen LogP contribution in [0, 0.1) is 5.92 Å². The number of aliphatic imine (C=N–C) groups is 1. The minimum Gasteiger partial charge on any atom is -0.496 e. The van der Waals surface area contributed by atoms with Crippen LogP contribution in [0.4, 0.5) is 0 Å². The number of Topliss-reactive ketones (excluding diaryl/α,β-unsaturated/α-hetero) is 1. The van der Waals surface area contributed by atoms with Gasteiger partial charge in [0.15, 0.2) is 5.78 Å². The topological polar surface area (TPSA) is 65.0 Å². The molecule has 0 amide bonds. The molecule has 0 radical (unpaired) electrons. The van der Waals surface area contributed by atoms with Gasteiger partial charge in [0.25, 0.3) is 0 Å². The van der Waals surface area contributed by atoms with Crippen molar-refractivity contribution < 1.29 is 19.1 Å². The Kier molecular flexibility index (Phi) is 6.85. The Morgan fingerprint density at radius 3 is 2.40 bits per heavy atom. The summed E-state index contributed by atoms with van der Waals surface area (Å²) < 4.78 is 11.7. The Morgan fingerprint density at radius 1 is 0.943 bits per heavy atom. The number of hydrogen-bond donors (Lipinski definition) is 0. The van der Waals surface area contributed by atoms with Gasteiger partial charge in [0.1, 0.15) is 17.8 Å². The fourth-order valence-electron chi connectivity index (χ4n) is 6.01. The molecule has 35 heavy (non-hydrogen) atoms. The molecule has 2 aromatic carbocycles. The molecule has 2 aliphatic carbocycles. The van der Waals surface area contributed by atoms with Crippen LogP contribution in [-0.4, -0.2) is 30.7 Å². The Labute approximate surface area is 207 Å². The number of nitrogens with zero attached hydrogens (tertiary/aromatic N) is 1. The number of esters is 1. The van der Waals surface area contributed by atoms with Crippen LogP contribution < -0.4 is 4.74 Å². The highest BCUT2D eigenvalue weighted by atomic mass is 16.5. The van der Waals surface area contributed by atoms with Crippen molar-refractivity contribution in [3.8, 4) is 5.75 Å². The molecule has 5 heteroatoms. The fraction of sp³-hybridized carbons (Fsp3) is 0.433. The number of allylic oxidation sites excluding steroid dienone is 2. The number of hydrogen-bond acceptors (Lipinski definition) is 5. The molecule has 0 bridgehead atoms. The summed E-state index contributed by atoms with van der Waals surface area (Å²) in [4.78, 5) is 32.3. The van der Waals surface area contributed by atoms with Crippen molar-refractivity contribution in [1.82, 2.24) is 0 Å². The number of rotatable bonds is 5. The van der Waals surface area contributed by atoms with E-state index in [1.165, 1.54) is 6.42 Å². The van der Waals surface area contributed by atoms with Crippen molar-refractivity contribution in [2.45, 2.75) is 69.8 Å². The molecule has 3 atom stereocenters. The normalized spacial score (nSPS) is 25.0. The highest BCUT2D eigenvalue weighted by Crippen LogP contribution is 2.48. The number of carbonyl (C=O) groups excluding carboxylic acids is 2. The van der Waals surface area contributed by atoms with Gasteiger partial charge in [-0.15, -0.1) is 0 Å². The van der Waals surface area contributed by atoms with Crippen molar-refractivity contribution in [2.75, 3.05) is 7.11 Å². The van der Waals surface area contributed by atoms with E-state index >= 15 is 0 Å². The van der Waals surface area contributed by atoms with Crippen LogP contribution in [0.1, 0.15) is 74.8 Å². The lowest BCUT2D eigenvalue weighted by Gasteiger charge is -2.37. The Morgan fingerprint density at radius 2 is 1.66 bits per heavy atom. The number of benzene rings is 2. The summed E-state index contributed by atoms with van der Waals surface area (Å²) in [5.74, 6) is -0.556. The van der Waals surface area contributed by atoms with Crippen LogP contribution in [-0.2, 0) is 14.3 Å². The molecule has 0 N–H and O–H groups in total. The zero-order valence-electron chi connectivity index (χ0n) is 20.5. The average molecular weight is 472 g/mol. The molecule has 5 nitrogen and oxygen atoms in total. The minimum atomic E-state index is -0.635. The van der Waals surface area contributed by atoms with E-state index in [0.717, 1.165) is 42.5 Å². The van der Waals surface area contributed by atoms with E-state index in [4.69, 9.17) is 14.5 Å². The highest BCUT2D eigenvalue weighted by molar-refractivity contribution is 6.09. The van der Waals surface area contributed by atoms with Gasteiger partial charge in [0, 0.05) is 34.9 Å². The quantitative estimate of drug-likeness (QED) is 0.491. The van der Waals surface area contributed by atoms with Gasteiger partial charge in [-0.2, -0.15) is 0 Å². The minimum absolute atomic E-state index is 0.0535. The second kappa shape index (κ2) is 10.2. The van der Waals surface area contributed by atoms with Crippen molar-refractivity contribution in [3.63, 3.8) is 0 Å². The summed E-state index contributed by atoms with van der Waals surface area (Å²) in [6.07, 6.45) is 6.20. The van der Waals surface area contributed by atoms with Crippen molar-refractivity contribution >= 4 is 17.5 Å². The molecule has 1 aliphatic heterocycles. The van der Waals surface area contributed by atoms with Gasteiger partial charge in [0.2, 0.25) is 0 Å². The first kappa shape index (κ1) is 23.5. The maximum atomic E-state index is 13.7. The predicted molar refractivity (Wildman–Crippen MR) is 136 cm³/mol. The molecular formula is C30H33NO4. The summed E-state index contributed by atoms with van der Waals surface area (Å²) in [5, 5.41) is 0. The SMILES string of the molecule is COc1ccccc1[C@@H]1C2=C(C[C@@H](c3ccccc3)CC2=O)N=C(C)C1C(=O)OC1CCCCC1. The Hall–Kier alpha value is -3.21. The Balaban J connectivity index is 1.55. The maximum absolute atomic E-state index is 13.7. The zero-order chi connectivity index (χ0) is 24.4. The smallest absolute Gasteiger partial charge is 0.315 e.